The van der Waals surface area contributed by atoms with Crippen LogP contribution in [0.3, 0.4) is 0 Å². The topological polar surface area (TPSA) is 83.9 Å². The summed E-state index contributed by atoms with van der Waals surface area (Å²) in [7, 11) is 1.64. The first-order chi connectivity index (χ1) is 7.72. The summed E-state index contributed by atoms with van der Waals surface area (Å²) in [5, 5.41) is 15.3. The van der Waals surface area contributed by atoms with E-state index in [-0.39, 0.29) is 5.91 Å². The van der Waals surface area contributed by atoms with Crippen molar-refractivity contribution >= 4 is 11.7 Å². The third kappa shape index (κ3) is 1.66. The lowest BCUT2D eigenvalue weighted by Gasteiger charge is -2.03. The second-order valence-corrected chi connectivity index (χ2v) is 3.11. The van der Waals surface area contributed by atoms with Crippen LogP contribution in [0.4, 0.5) is 5.82 Å². The number of aryl methyl sites for hydroxylation is 1. The van der Waals surface area contributed by atoms with Crippen molar-refractivity contribution in [2.75, 3.05) is 5.32 Å². The molecule has 80 valence electrons. The number of nitriles is 1. The Morgan fingerprint density at radius 1 is 1.69 bits per heavy atom. The summed E-state index contributed by atoms with van der Waals surface area (Å²) < 4.78 is 6.22. The van der Waals surface area contributed by atoms with Crippen LogP contribution in [0.25, 0.3) is 0 Å². The van der Waals surface area contributed by atoms with Crippen LogP contribution in [0.1, 0.15) is 15.9 Å². The van der Waals surface area contributed by atoms with E-state index in [0.29, 0.717) is 16.9 Å². The molecular formula is C10H8N4O2. The molecule has 0 saturated carbocycles. The van der Waals surface area contributed by atoms with Gasteiger partial charge < -0.3 is 9.73 Å². The average molecular weight is 216 g/mol. The summed E-state index contributed by atoms with van der Waals surface area (Å²) in [5.74, 6) is 0.0301. The highest BCUT2D eigenvalue weighted by molar-refractivity contribution is 6.04. The van der Waals surface area contributed by atoms with Crippen molar-refractivity contribution in [1.29, 1.82) is 5.26 Å². The van der Waals surface area contributed by atoms with E-state index in [1.807, 2.05) is 6.07 Å². The highest BCUT2D eigenvalue weighted by Crippen LogP contribution is 2.14. The van der Waals surface area contributed by atoms with Crippen molar-refractivity contribution in [3.05, 3.63) is 35.9 Å². The Kier molecular flexibility index (Phi) is 2.44. The molecule has 0 radical (unpaired) electrons. The molecule has 1 amide bonds. The Labute approximate surface area is 91.1 Å². The fourth-order valence-corrected chi connectivity index (χ4v) is 1.24. The Balaban J connectivity index is 2.25. The molecule has 6 heteroatoms. The molecule has 0 unspecified atom stereocenters. The first kappa shape index (κ1) is 9.98. The summed E-state index contributed by atoms with van der Waals surface area (Å²) in [5.41, 5.74) is 0.712. The van der Waals surface area contributed by atoms with Crippen molar-refractivity contribution in [3.63, 3.8) is 0 Å². The standard InChI is InChI=1S/C10H8N4O2/c1-14-9(8(4-11)5-12-14)13-10(15)7-2-3-16-6-7/h2-3,5-6H,1H3,(H,13,15). The summed E-state index contributed by atoms with van der Waals surface area (Å²) in [6, 6.07) is 3.48. The average Bonchev–Trinajstić information content (AvgIpc) is 2.89. The maximum Gasteiger partial charge on any atom is 0.260 e. The third-order valence-corrected chi connectivity index (χ3v) is 2.07. The number of furan rings is 1. The molecule has 0 atom stereocenters. The molecule has 0 aliphatic heterocycles. The van der Waals surface area contributed by atoms with Gasteiger partial charge in [0.2, 0.25) is 0 Å². The molecule has 0 bridgehead atoms. The van der Waals surface area contributed by atoms with Crippen molar-refractivity contribution in [2.45, 2.75) is 0 Å². The van der Waals surface area contributed by atoms with Gasteiger partial charge in [0.05, 0.1) is 18.0 Å². The predicted octanol–water partition coefficient (Wildman–Crippen LogP) is 1.14. The maximum absolute atomic E-state index is 11.7. The quantitative estimate of drug-likeness (QED) is 0.815. The van der Waals surface area contributed by atoms with Gasteiger partial charge in [-0.1, -0.05) is 0 Å². The highest BCUT2D eigenvalue weighted by atomic mass is 16.3. The summed E-state index contributed by atoms with van der Waals surface area (Å²) in [6.45, 7) is 0. The minimum absolute atomic E-state index is 0.319. The number of aromatic nitrogens is 2. The predicted molar refractivity (Wildman–Crippen MR) is 54.6 cm³/mol. The van der Waals surface area contributed by atoms with Crippen molar-refractivity contribution in [2.24, 2.45) is 7.05 Å². The van der Waals surface area contributed by atoms with Gasteiger partial charge in [-0.2, -0.15) is 10.4 Å². The lowest BCUT2D eigenvalue weighted by atomic mass is 10.3. The van der Waals surface area contributed by atoms with Crippen LogP contribution in [0, 0.1) is 11.3 Å². The summed E-state index contributed by atoms with van der Waals surface area (Å²) in [6.07, 6.45) is 4.13. The van der Waals surface area contributed by atoms with Crippen LogP contribution in [0.5, 0.6) is 0 Å². The zero-order chi connectivity index (χ0) is 11.5. The van der Waals surface area contributed by atoms with Crippen LogP contribution in [0.15, 0.2) is 29.2 Å². The number of carbonyl (C=O) groups excluding carboxylic acids is 1. The summed E-state index contributed by atoms with van der Waals surface area (Å²) >= 11 is 0. The van der Waals surface area contributed by atoms with E-state index in [0.717, 1.165) is 0 Å². The Morgan fingerprint density at radius 3 is 3.12 bits per heavy atom. The second kappa shape index (κ2) is 3.90. The van der Waals surface area contributed by atoms with Crippen molar-refractivity contribution in [3.8, 4) is 6.07 Å². The molecule has 0 spiro atoms. The van der Waals surface area contributed by atoms with Gasteiger partial charge in [-0.25, -0.2) is 0 Å². The van der Waals surface area contributed by atoms with E-state index < -0.39 is 0 Å². The van der Waals surface area contributed by atoms with Gasteiger partial charge >= 0.3 is 0 Å². The molecule has 0 aliphatic rings. The fourth-order valence-electron chi connectivity index (χ4n) is 1.24. The van der Waals surface area contributed by atoms with E-state index in [9.17, 15) is 4.79 Å². The second-order valence-electron chi connectivity index (χ2n) is 3.11. The van der Waals surface area contributed by atoms with Gasteiger partial charge in [0.25, 0.3) is 5.91 Å². The SMILES string of the molecule is Cn1ncc(C#N)c1NC(=O)c1ccoc1. The number of anilines is 1. The fraction of sp³-hybridized carbons (Fsp3) is 0.100. The lowest BCUT2D eigenvalue weighted by molar-refractivity contribution is 0.102. The van der Waals surface area contributed by atoms with Crippen LogP contribution in [0.2, 0.25) is 0 Å². The first-order valence-corrected chi connectivity index (χ1v) is 4.48. The van der Waals surface area contributed by atoms with Gasteiger partial charge in [0.1, 0.15) is 23.7 Å². The van der Waals surface area contributed by atoms with E-state index in [1.165, 1.54) is 29.5 Å². The number of nitrogens with zero attached hydrogens (tertiary/aromatic N) is 3. The highest BCUT2D eigenvalue weighted by Gasteiger charge is 2.13. The maximum atomic E-state index is 11.7. The number of carbonyl (C=O) groups is 1. The van der Waals surface area contributed by atoms with Gasteiger partial charge in [0, 0.05) is 7.05 Å². The Bertz CT molecular complexity index is 548. The largest absolute Gasteiger partial charge is 0.472 e. The molecule has 2 heterocycles. The number of hydrogen-bond donors (Lipinski definition) is 1. The van der Waals surface area contributed by atoms with Gasteiger partial charge in [-0.3, -0.25) is 9.48 Å². The van der Waals surface area contributed by atoms with E-state index in [1.54, 1.807) is 7.05 Å². The van der Waals surface area contributed by atoms with Gasteiger partial charge in [-0.05, 0) is 6.07 Å². The van der Waals surface area contributed by atoms with E-state index in [2.05, 4.69) is 10.4 Å². The van der Waals surface area contributed by atoms with Crippen molar-refractivity contribution in [1.82, 2.24) is 9.78 Å². The molecule has 16 heavy (non-hydrogen) atoms. The molecule has 2 aromatic heterocycles. The minimum atomic E-state index is -0.339. The monoisotopic (exact) mass is 216 g/mol. The molecule has 2 rings (SSSR count). The zero-order valence-electron chi connectivity index (χ0n) is 8.47. The smallest absolute Gasteiger partial charge is 0.260 e. The molecule has 1 N–H and O–H groups in total. The first-order valence-electron chi connectivity index (χ1n) is 4.48. The molecule has 0 aromatic carbocycles. The molecule has 6 nitrogen and oxygen atoms in total. The summed E-state index contributed by atoms with van der Waals surface area (Å²) in [4.78, 5) is 11.7. The van der Waals surface area contributed by atoms with Crippen LogP contribution in [-0.4, -0.2) is 15.7 Å². The number of hydrogen-bond acceptors (Lipinski definition) is 4. The molecule has 2 aromatic rings. The number of nitrogens with one attached hydrogen (secondary N) is 1. The van der Waals surface area contributed by atoms with Crippen LogP contribution < -0.4 is 5.32 Å². The van der Waals surface area contributed by atoms with Crippen LogP contribution >= 0.6 is 0 Å². The zero-order valence-corrected chi connectivity index (χ0v) is 8.47. The van der Waals surface area contributed by atoms with Gasteiger partial charge in [-0.15, -0.1) is 0 Å². The third-order valence-electron chi connectivity index (χ3n) is 2.07. The molecule has 0 fully saturated rings. The van der Waals surface area contributed by atoms with Crippen LogP contribution in [-0.2, 0) is 7.05 Å². The Morgan fingerprint density at radius 2 is 2.50 bits per heavy atom. The lowest BCUT2D eigenvalue weighted by Crippen LogP contribution is -2.14. The molecular weight excluding hydrogens is 208 g/mol. The molecule has 0 aliphatic carbocycles. The number of amides is 1. The number of rotatable bonds is 2. The van der Waals surface area contributed by atoms with E-state index in [4.69, 9.17) is 9.68 Å². The Hall–Kier alpha value is -2.55. The minimum Gasteiger partial charge on any atom is -0.472 e. The molecule has 0 saturated heterocycles. The van der Waals surface area contributed by atoms with Crippen molar-refractivity contribution < 1.29 is 9.21 Å². The van der Waals surface area contributed by atoms with Gasteiger partial charge in [0.15, 0.2) is 0 Å². The van der Waals surface area contributed by atoms with E-state index >= 15 is 0 Å². The normalized spacial score (nSPS) is 9.75.